The number of hydrogen-bond acceptors (Lipinski definition) is 2. The van der Waals surface area contributed by atoms with E-state index in [0.29, 0.717) is 5.88 Å². The van der Waals surface area contributed by atoms with Crippen molar-refractivity contribution >= 4 is 22.5 Å². The topological polar surface area (TPSA) is 29.9 Å². The molecule has 0 saturated carbocycles. The van der Waals surface area contributed by atoms with Gasteiger partial charge in [-0.1, -0.05) is 25.1 Å². The second-order valence-corrected chi connectivity index (χ2v) is 5.67. The molecule has 0 aliphatic heterocycles. The van der Waals surface area contributed by atoms with E-state index >= 15 is 0 Å². The smallest absolute Gasteiger partial charge is 0.0841 e. The van der Waals surface area contributed by atoms with Gasteiger partial charge in [0.05, 0.1) is 11.2 Å². The average molecular weight is 280 g/mol. The van der Waals surface area contributed by atoms with E-state index in [9.17, 15) is 0 Å². The number of hydrogen-bond donors (Lipinski definition) is 1. The molecule has 104 valence electrons. The first-order valence-electron chi connectivity index (χ1n) is 6.81. The molecule has 0 fully saturated rings. The Kier molecular flexibility index (Phi) is 4.48. The van der Waals surface area contributed by atoms with Crippen molar-refractivity contribution in [2.75, 3.05) is 5.88 Å². The number of aryl methyl sites for hydroxylation is 1. The number of nitrogens with one attached hydrogen (secondary N) is 1. The van der Waals surface area contributed by atoms with E-state index in [1.807, 2.05) is 17.8 Å². The van der Waals surface area contributed by atoms with Gasteiger partial charge >= 0.3 is 0 Å². The van der Waals surface area contributed by atoms with Crippen LogP contribution in [0.25, 0.3) is 10.9 Å². The Hall–Kier alpha value is -1.06. The molecule has 1 unspecified atom stereocenters. The standard InChI is InChI=1S/C15H22ClN3/c1-4-15(2,9-10-16)17-11-13-12-7-5-6-8-14(12)19(3)18-13/h5-8,17H,4,9-11H2,1-3H3. The fraction of sp³-hybridized carbons (Fsp3) is 0.533. The van der Waals surface area contributed by atoms with Crippen LogP contribution in [0.1, 0.15) is 32.4 Å². The summed E-state index contributed by atoms with van der Waals surface area (Å²) in [5, 5.41) is 9.44. The van der Waals surface area contributed by atoms with Gasteiger partial charge in [-0.05, 0) is 25.8 Å². The third-order valence-corrected chi connectivity index (χ3v) is 4.13. The van der Waals surface area contributed by atoms with Crippen molar-refractivity contribution in [2.45, 2.75) is 38.8 Å². The van der Waals surface area contributed by atoms with Crippen LogP contribution in [0.2, 0.25) is 0 Å². The van der Waals surface area contributed by atoms with Crippen LogP contribution < -0.4 is 5.32 Å². The van der Waals surface area contributed by atoms with Crippen LogP contribution in [0.3, 0.4) is 0 Å². The van der Waals surface area contributed by atoms with E-state index in [2.05, 4.69) is 42.5 Å². The summed E-state index contributed by atoms with van der Waals surface area (Å²) in [6.07, 6.45) is 2.03. The molecule has 1 aromatic heterocycles. The maximum Gasteiger partial charge on any atom is 0.0841 e. The molecule has 1 heterocycles. The molecule has 19 heavy (non-hydrogen) atoms. The molecule has 0 aliphatic rings. The minimum absolute atomic E-state index is 0.0837. The Balaban J connectivity index is 2.18. The van der Waals surface area contributed by atoms with Crippen LogP contribution in [-0.2, 0) is 13.6 Å². The van der Waals surface area contributed by atoms with E-state index in [1.54, 1.807) is 0 Å². The van der Waals surface area contributed by atoms with E-state index in [1.165, 1.54) is 10.9 Å². The molecule has 1 atom stereocenters. The normalized spacial score (nSPS) is 14.7. The Labute approximate surface area is 119 Å². The van der Waals surface area contributed by atoms with Gasteiger partial charge in [0.2, 0.25) is 0 Å². The molecule has 1 N–H and O–H groups in total. The zero-order chi connectivity index (χ0) is 13.9. The van der Waals surface area contributed by atoms with Crippen molar-refractivity contribution in [1.29, 1.82) is 0 Å². The fourth-order valence-electron chi connectivity index (χ4n) is 2.32. The molecule has 0 bridgehead atoms. The van der Waals surface area contributed by atoms with Gasteiger partial charge in [-0.2, -0.15) is 5.10 Å². The average Bonchev–Trinajstić information content (AvgIpc) is 2.74. The molecule has 0 aliphatic carbocycles. The zero-order valence-electron chi connectivity index (χ0n) is 11.9. The number of para-hydroxylation sites is 1. The Morgan fingerprint density at radius 1 is 1.37 bits per heavy atom. The van der Waals surface area contributed by atoms with Gasteiger partial charge in [0, 0.05) is 30.4 Å². The summed E-state index contributed by atoms with van der Waals surface area (Å²) in [4.78, 5) is 0. The maximum atomic E-state index is 5.89. The molecule has 2 rings (SSSR count). The van der Waals surface area contributed by atoms with E-state index in [4.69, 9.17) is 11.6 Å². The third-order valence-electron chi connectivity index (χ3n) is 3.94. The van der Waals surface area contributed by atoms with Gasteiger partial charge in [-0.3, -0.25) is 4.68 Å². The molecule has 2 aromatic rings. The highest BCUT2D eigenvalue weighted by molar-refractivity contribution is 6.17. The summed E-state index contributed by atoms with van der Waals surface area (Å²) < 4.78 is 1.94. The lowest BCUT2D eigenvalue weighted by molar-refractivity contribution is 0.329. The second-order valence-electron chi connectivity index (χ2n) is 5.29. The summed E-state index contributed by atoms with van der Waals surface area (Å²) in [6, 6.07) is 8.34. The molecular formula is C15H22ClN3. The monoisotopic (exact) mass is 279 g/mol. The lowest BCUT2D eigenvalue weighted by Crippen LogP contribution is -2.41. The summed E-state index contributed by atoms with van der Waals surface area (Å²) in [7, 11) is 1.99. The fourth-order valence-corrected chi connectivity index (χ4v) is 2.73. The van der Waals surface area contributed by atoms with Crippen molar-refractivity contribution in [1.82, 2.24) is 15.1 Å². The SMILES string of the molecule is CCC(C)(CCCl)NCc1nn(C)c2ccccc12. The molecule has 0 radical (unpaired) electrons. The Morgan fingerprint density at radius 2 is 2.11 bits per heavy atom. The maximum absolute atomic E-state index is 5.89. The van der Waals surface area contributed by atoms with Gasteiger partial charge in [0.15, 0.2) is 0 Å². The molecule has 1 aromatic carbocycles. The molecule has 0 amide bonds. The van der Waals surface area contributed by atoms with Gasteiger partial charge in [0.1, 0.15) is 0 Å². The number of nitrogens with zero attached hydrogens (tertiary/aromatic N) is 2. The second kappa shape index (κ2) is 5.93. The highest BCUT2D eigenvalue weighted by Gasteiger charge is 2.21. The Bertz CT molecular complexity index is 549. The quantitative estimate of drug-likeness (QED) is 0.821. The molecular weight excluding hydrogens is 258 g/mol. The van der Waals surface area contributed by atoms with E-state index < -0.39 is 0 Å². The predicted molar refractivity (Wildman–Crippen MR) is 81.6 cm³/mol. The van der Waals surface area contributed by atoms with E-state index in [-0.39, 0.29) is 5.54 Å². The van der Waals surface area contributed by atoms with Crippen molar-refractivity contribution in [2.24, 2.45) is 7.05 Å². The number of fused-ring (bicyclic) bond motifs is 1. The number of halogens is 1. The van der Waals surface area contributed by atoms with Gasteiger partial charge in [0.25, 0.3) is 0 Å². The van der Waals surface area contributed by atoms with Crippen LogP contribution in [0.15, 0.2) is 24.3 Å². The molecule has 0 saturated heterocycles. The summed E-state index contributed by atoms with van der Waals surface area (Å²) in [5.74, 6) is 0.681. The van der Waals surface area contributed by atoms with Crippen LogP contribution in [0, 0.1) is 0 Å². The first-order valence-corrected chi connectivity index (χ1v) is 7.34. The summed E-state index contributed by atoms with van der Waals surface area (Å²) in [5.41, 5.74) is 2.36. The highest BCUT2D eigenvalue weighted by atomic mass is 35.5. The van der Waals surface area contributed by atoms with Gasteiger partial charge < -0.3 is 5.32 Å². The minimum atomic E-state index is 0.0837. The first-order chi connectivity index (χ1) is 9.09. The molecule has 4 heteroatoms. The van der Waals surface area contributed by atoms with Crippen LogP contribution in [0.4, 0.5) is 0 Å². The van der Waals surface area contributed by atoms with Crippen LogP contribution in [-0.4, -0.2) is 21.2 Å². The van der Waals surface area contributed by atoms with Crippen molar-refractivity contribution in [3.63, 3.8) is 0 Å². The third kappa shape index (κ3) is 3.10. The minimum Gasteiger partial charge on any atom is -0.306 e. The Morgan fingerprint density at radius 3 is 2.79 bits per heavy atom. The number of aromatic nitrogens is 2. The van der Waals surface area contributed by atoms with Crippen LogP contribution >= 0.6 is 11.6 Å². The van der Waals surface area contributed by atoms with Crippen molar-refractivity contribution in [3.8, 4) is 0 Å². The zero-order valence-corrected chi connectivity index (χ0v) is 12.7. The number of benzene rings is 1. The predicted octanol–water partition coefficient (Wildman–Crippen LogP) is 3.46. The van der Waals surface area contributed by atoms with Gasteiger partial charge in [-0.15, -0.1) is 11.6 Å². The number of alkyl halides is 1. The first kappa shape index (κ1) is 14.4. The molecule has 3 nitrogen and oxygen atoms in total. The highest BCUT2D eigenvalue weighted by Crippen LogP contribution is 2.20. The van der Waals surface area contributed by atoms with Crippen molar-refractivity contribution < 1.29 is 0 Å². The van der Waals surface area contributed by atoms with E-state index in [0.717, 1.165) is 25.1 Å². The largest absolute Gasteiger partial charge is 0.306 e. The lowest BCUT2D eigenvalue weighted by Gasteiger charge is -2.28. The van der Waals surface area contributed by atoms with Crippen molar-refractivity contribution in [3.05, 3.63) is 30.0 Å². The van der Waals surface area contributed by atoms with Crippen LogP contribution in [0.5, 0.6) is 0 Å². The molecule has 0 spiro atoms. The summed E-state index contributed by atoms with van der Waals surface area (Å²) >= 11 is 5.89. The lowest BCUT2D eigenvalue weighted by atomic mass is 9.95. The number of rotatable bonds is 6. The van der Waals surface area contributed by atoms with Gasteiger partial charge in [-0.25, -0.2) is 0 Å². The summed E-state index contributed by atoms with van der Waals surface area (Å²) in [6.45, 7) is 5.19.